The number of benzene rings is 1. The van der Waals surface area contributed by atoms with Crippen molar-refractivity contribution < 1.29 is 1.43 Å². The monoisotopic (exact) mass is 186 g/mol. The van der Waals surface area contributed by atoms with Crippen LogP contribution in [-0.4, -0.2) is 9.97 Å². The van der Waals surface area contributed by atoms with Crippen LogP contribution in [0.4, 0.5) is 0 Å². The molecule has 2 nitrogen and oxygen atoms in total. The van der Waals surface area contributed by atoms with Crippen molar-refractivity contribution in [2.24, 2.45) is 0 Å². The van der Waals surface area contributed by atoms with Crippen molar-refractivity contribution in [1.82, 2.24) is 9.97 Å². The predicted octanol–water partition coefficient (Wildman–Crippen LogP) is 2.93. The molecule has 0 aliphatic heterocycles. The van der Waals surface area contributed by atoms with Gasteiger partial charge in [0.05, 0.1) is 6.33 Å². The molecule has 1 aliphatic rings. The first-order chi connectivity index (χ1) is 6.95. The third-order valence-corrected chi connectivity index (χ3v) is 2.94. The van der Waals surface area contributed by atoms with Crippen molar-refractivity contribution >= 4 is 0 Å². The topological polar surface area (TPSA) is 28.7 Å². The molecule has 1 saturated carbocycles. The first-order valence-corrected chi connectivity index (χ1v) is 4.98. The molecule has 72 valence electrons. The Bertz CT molecular complexity index is 410. The molecule has 0 saturated heterocycles. The highest BCUT2D eigenvalue weighted by Gasteiger charge is 2.40. The van der Waals surface area contributed by atoms with E-state index in [0.717, 1.165) is 0 Å². The van der Waals surface area contributed by atoms with Crippen LogP contribution in [0.5, 0.6) is 0 Å². The molecule has 1 fully saturated rings. The minimum absolute atomic E-state index is 0. The molecule has 1 aliphatic carbocycles. The largest absolute Gasteiger partial charge is 0.348 e. The zero-order chi connectivity index (χ0) is 9.38. The smallest absolute Gasteiger partial charge is 0.0921 e. The summed E-state index contributed by atoms with van der Waals surface area (Å²) in [5.41, 5.74) is 2.73. The summed E-state index contributed by atoms with van der Waals surface area (Å²) in [6, 6.07) is 10.7. The fourth-order valence-electron chi connectivity index (χ4n) is 2.08. The lowest BCUT2D eigenvalue weighted by Gasteiger charge is -1.97. The molecule has 0 spiro atoms. The minimum Gasteiger partial charge on any atom is -0.348 e. The highest BCUT2D eigenvalue weighted by atomic mass is 14.9. The Labute approximate surface area is 84.5 Å². The summed E-state index contributed by atoms with van der Waals surface area (Å²) in [6.07, 6.45) is 4.95. The van der Waals surface area contributed by atoms with Gasteiger partial charge in [-0.3, -0.25) is 0 Å². The Morgan fingerprint density at radius 1 is 1.21 bits per heavy atom. The fourth-order valence-corrected chi connectivity index (χ4v) is 2.08. The van der Waals surface area contributed by atoms with Crippen LogP contribution in [0.25, 0.3) is 0 Å². The summed E-state index contributed by atoms with van der Waals surface area (Å²) in [6.45, 7) is 0. The predicted molar refractivity (Wildman–Crippen MR) is 57.2 cm³/mol. The highest BCUT2D eigenvalue weighted by Crippen LogP contribution is 2.53. The molecular weight excluding hydrogens is 172 g/mol. The van der Waals surface area contributed by atoms with Gasteiger partial charge in [0, 0.05) is 19.2 Å². The number of aromatic nitrogens is 2. The number of H-pyrrole nitrogens is 1. The van der Waals surface area contributed by atoms with E-state index >= 15 is 0 Å². The standard InChI is InChI=1S/C12H12N2.H2/c1-2-4-9(5-3-1)10-6-11(10)12-7-13-8-14-12;/h1-5,7-8,10-11H,6H2,(H,13,14);1H. The summed E-state index contributed by atoms with van der Waals surface area (Å²) in [5, 5.41) is 0. The zero-order valence-electron chi connectivity index (χ0n) is 7.85. The first-order valence-electron chi connectivity index (χ1n) is 4.98. The van der Waals surface area contributed by atoms with Crippen molar-refractivity contribution in [3.8, 4) is 0 Å². The van der Waals surface area contributed by atoms with Gasteiger partial charge in [-0.2, -0.15) is 0 Å². The number of rotatable bonds is 2. The molecule has 2 aromatic rings. The Hall–Kier alpha value is -1.57. The maximum Gasteiger partial charge on any atom is 0.0921 e. The van der Waals surface area contributed by atoms with E-state index in [0.29, 0.717) is 11.8 Å². The van der Waals surface area contributed by atoms with E-state index in [4.69, 9.17) is 0 Å². The molecule has 0 bridgehead atoms. The van der Waals surface area contributed by atoms with E-state index in [1.165, 1.54) is 17.7 Å². The maximum absolute atomic E-state index is 4.06. The number of nitrogens with zero attached hydrogens (tertiary/aromatic N) is 1. The van der Waals surface area contributed by atoms with Crippen LogP contribution < -0.4 is 0 Å². The second kappa shape index (κ2) is 2.98. The molecule has 1 heterocycles. The molecule has 1 aromatic carbocycles. The summed E-state index contributed by atoms with van der Waals surface area (Å²) in [7, 11) is 0. The normalized spacial score (nSPS) is 24.9. The molecule has 2 atom stereocenters. The van der Waals surface area contributed by atoms with Gasteiger partial charge in [-0.25, -0.2) is 4.98 Å². The average Bonchev–Trinajstić information content (AvgIpc) is 2.87. The van der Waals surface area contributed by atoms with Crippen molar-refractivity contribution in [2.45, 2.75) is 18.3 Å². The van der Waals surface area contributed by atoms with Gasteiger partial charge >= 0.3 is 0 Å². The van der Waals surface area contributed by atoms with Crippen molar-refractivity contribution in [3.63, 3.8) is 0 Å². The lowest BCUT2D eigenvalue weighted by atomic mass is 10.1. The average molecular weight is 186 g/mol. The van der Waals surface area contributed by atoms with E-state index in [2.05, 4.69) is 40.3 Å². The van der Waals surface area contributed by atoms with Gasteiger partial charge < -0.3 is 4.98 Å². The number of nitrogens with one attached hydrogen (secondary N) is 1. The van der Waals surface area contributed by atoms with Crippen LogP contribution in [0.1, 0.15) is 30.9 Å². The number of hydrogen-bond acceptors (Lipinski definition) is 1. The van der Waals surface area contributed by atoms with Crippen LogP contribution in [0, 0.1) is 0 Å². The van der Waals surface area contributed by atoms with Gasteiger partial charge in [-0.05, 0) is 17.9 Å². The molecule has 1 aromatic heterocycles. The van der Waals surface area contributed by atoms with Gasteiger partial charge in [0.2, 0.25) is 0 Å². The third kappa shape index (κ3) is 1.23. The molecule has 0 radical (unpaired) electrons. The van der Waals surface area contributed by atoms with Gasteiger partial charge in [-0.1, -0.05) is 30.3 Å². The number of hydrogen-bond donors (Lipinski definition) is 1. The van der Waals surface area contributed by atoms with Crippen LogP contribution >= 0.6 is 0 Å². The van der Waals surface area contributed by atoms with Crippen molar-refractivity contribution in [3.05, 3.63) is 54.1 Å². The first kappa shape index (κ1) is 7.80. The minimum atomic E-state index is 0. The third-order valence-electron chi connectivity index (χ3n) is 2.94. The SMILES string of the molecule is [HH].c1ccc(C2CC2c2cnc[nH]2)cc1. The van der Waals surface area contributed by atoms with Crippen LogP contribution in [-0.2, 0) is 0 Å². The van der Waals surface area contributed by atoms with Gasteiger partial charge in [-0.15, -0.1) is 0 Å². The number of aromatic amines is 1. The Balaban J connectivity index is 0.000000853. The zero-order valence-corrected chi connectivity index (χ0v) is 7.85. The molecule has 3 rings (SSSR count). The van der Waals surface area contributed by atoms with Crippen LogP contribution in [0.15, 0.2) is 42.9 Å². The summed E-state index contributed by atoms with van der Waals surface area (Å²) in [5.74, 6) is 1.37. The van der Waals surface area contributed by atoms with E-state index in [-0.39, 0.29) is 1.43 Å². The lowest BCUT2D eigenvalue weighted by molar-refractivity contribution is 0.983. The van der Waals surface area contributed by atoms with Crippen LogP contribution in [0.2, 0.25) is 0 Å². The quantitative estimate of drug-likeness (QED) is 0.767. The maximum atomic E-state index is 4.06. The van der Waals surface area contributed by atoms with Crippen molar-refractivity contribution in [1.29, 1.82) is 0 Å². The second-order valence-electron chi connectivity index (χ2n) is 3.87. The molecule has 1 N–H and O–H groups in total. The molecule has 2 unspecified atom stereocenters. The Morgan fingerprint density at radius 2 is 2.07 bits per heavy atom. The molecule has 2 heteroatoms. The van der Waals surface area contributed by atoms with E-state index in [1.807, 2.05) is 6.20 Å². The van der Waals surface area contributed by atoms with Crippen molar-refractivity contribution in [2.75, 3.05) is 0 Å². The summed E-state index contributed by atoms with van der Waals surface area (Å²) >= 11 is 0. The van der Waals surface area contributed by atoms with E-state index in [1.54, 1.807) is 6.33 Å². The van der Waals surface area contributed by atoms with Gasteiger partial charge in [0.1, 0.15) is 0 Å². The summed E-state index contributed by atoms with van der Waals surface area (Å²) < 4.78 is 0. The highest BCUT2D eigenvalue weighted by molar-refractivity contribution is 5.32. The second-order valence-corrected chi connectivity index (χ2v) is 3.87. The summed E-state index contributed by atoms with van der Waals surface area (Å²) in [4.78, 5) is 7.24. The Kier molecular flexibility index (Phi) is 1.66. The molecule has 0 amide bonds. The van der Waals surface area contributed by atoms with Crippen LogP contribution in [0.3, 0.4) is 0 Å². The molecule has 14 heavy (non-hydrogen) atoms. The van der Waals surface area contributed by atoms with Gasteiger partial charge in [0.25, 0.3) is 0 Å². The van der Waals surface area contributed by atoms with E-state index < -0.39 is 0 Å². The Morgan fingerprint density at radius 3 is 2.79 bits per heavy atom. The molecular formula is C12H14N2. The lowest BCUT2D eigenvalue weighted by Crippen LogP contribution is -1.83. The number of imidazole rings is 1. The van der Waals surface area contributed by atoms with E-state index in [9.17, 15) is 0 Å². The van der Waals surface area contributed by atoms with Gasteiger partial charge in [0.15, 0.2) is 0 Å². The fraction of sp³-hybridized carbons (Fsp3) is 0.250.